The molecule has 0 heterocycles. The first kappa shape index (κ1) is 27.5. The topological polar surface area (TPSA) is 111 Å². The van der Waals surface area contributed by atoms with Crippen LogP contribution in [0.2, 0.25) is 0 Å². The van der Waals surface area contributed by atoms with E-state index in [4.69, 9.17) is 10.5 Å². The van der Waals surface area contributed by atoms with E-state index in [-0.39, 0.29) is 24.9 Å². The third-order valence-electron chi connectivity index (χ3n) is 6.02. The van der Waals surface area contributed by atoms with Crippen molar-refractivity contribution in [3.05, 3.63) is 107 Å². The van der Waals surface area contributed by atoms with Crippen molar-refractivity contribution < 1.29 is 19.1 Å². The second-order valence-corrected chi connectivity index (χ2v) is 10.1. The molecule has 7 heteroatoms. The van der Waals surface area contributed by atoms with Gasteiger partial charge in [0.1, 0.15) is 18.7 Å². The Balaban J connectivity index is 1.69. The molecule has 2 atom stereocenters. The molecular formula is C30H35N3O4. The van der Waals surface area contributed by atoms with Gasteiger partial charge in [-0.15, -0.1) is 0 Å². The van der Waals surface area contributed by atoms with Gasteiger partial charge in [0.15, 0.2) is 0 Å². The Labute approximate surface area is 218 Å². The van der Waals surface area contributed by atoms with E-state index in [0.29, 0.717) is 0 Å². The van der Waals surface area contributed by atoms with Gasteiger partial charge >= 0.3 is 6.09 Å². The van der Waals surface area contributed by atoms with Crippen LogP contribution in [-0.2, 0) is 39.2 Å². The Morgan fingerprint density at radius 1 is 0.730 bits per heavy atom. The fourth-order valence-electron chi connectivity index (χ4n) is 3.84. The Morgan fingerprint density at radius 3 is 1.78 bits per heavy atom. The molecule has 4 N–H and O–H groups in total. The number of hydrogen-bond acceptors (Lipinski definition) is 4. The van der Waals surface area contributed by atoms with E-state index in [0.717, 1.165) is 22.3 Å². The van der Waals surface area contributed by atoms with E-state index in [1.165, 1.54) is 0 Å². The highest BCUT2D eigenvalue weighted by Crippen LogP contribution is 2.22. The van der Waals surface area contributed by atoms with Crippen LogP contribution in [0.3, 0.4) is 0 Å². The monoisotopic (exact) mass is 501 g/mol. The lowest BCUT2D eigenvalue weighted by atomic mass is 9.86. The normalized spacial score (nSPS) is 12.7. The molecule has 0 saturated carbocycles. The SMILES string of the molecule is CC(C)(C)c1ccc(C[C@H](NC(=O)[C@@H](Cc2ccccc2)NC(=O)OCc2ccccc2)C(N)=O)cc1. The lowest BCUT2D eigenvalue weighted by Crippen LogP contribution is -2.54. The molecule has 0 aliphatic carbocycles. The Kier molecular flexibility index (Phi) is 9.44. The van der Waals surface area contributed by atoms with Gasteiger partial charge in [0.2, 0.25) is 11.8 Å². The highest BCUT2D eigenvalue weighted by molar-refractivity contribution is 5.91. The smallest absolute Gasteiger partial charge is 0.408 e. The van der Waals surface area contributed by atoms with Crippen molar-refractivity contribution in [2.24, 2.45) is 5.73 Å². The summed E-state index contributed by atoms with van der Waals surface area (Å²) in [5, 5.41) is 5.37. The van der Waals surface area contributed by atoms with E-state index in [1.54, 1.807) is 0 Å². The number of nitrogens with one attached hydrogen (secondary N) is 2. The molecule has 0 bridgehead atoms. The predicted molar refractivity (Wildman–Crippen MR) is 144 cm³/mol. The van der Waals surface area contributed by atoms with Gasteiger partial charge < -0.3 is 21.1 Å². The summed E-state index contributed by atoms with van der Waals surface area (Å²) in [5.41, 5.74) is 9.34. The lowest BCUT2D eigenvalue weighted by Gasteiger charge is -2.23. The van der Waals surface area contributed by atoms with Crippen LogP contribution in [0, 0.1) is 0 Å². The largest absolute Gasteiger partial charge is 0.445 e. The van der Waals surface area contributed by atoms with Crippen LogP contribution in [0.25, 0.3) is 0 Å². The molecule has 0 spiro atoms. The number of hydrogen-bond donors (Lipinski definition) is 3. The van der Waals surface area contributed by atoms with Crippen LogP contribution < -0.4 is 16.4 Å². The third-order valence-corrected chi connectivity index (χ3v) is 6.02. The summed E-state index contributed by atoms with van der Waals surface area (Å²) in [4.78, 5) is 38.0. The van der Waals surface area contributed by atoms with Gasteiger partial charge in [-0.3, -0.25) is 9.59 Å². The number of nitrogens with two attached hydrogens (primary N) is 1. The van der Waals surface area contributed by atoms with Gasteiger partial charge in [-0.2, -0.15) is 0 Å². The molecule has 7 nitrogen and oxygen atoms in total. The summed E-state index contributed by atoms with van der Waals surface area (Å²) in [6.45, 7) is 6.44. The summed E-state index contributed by atoms with van der Waals surface area (Å²) in [6, 6.07) is 24.5. The van der Waals surface area contributed by atoms with Crippen molar-refractivity contribution in [1.82, 2.24) is 10.6 Å². The van der Waals surface area contributed by atoms with Crippen LogP contribution in [0.1, 0.15) is 43.0 Å². The number of benzene rings is 3. The molecule has 0 saturated heterocycles. The zero-order valence-corrected chi connectivity index (χ0v) is 21.6. The lowest BCUT2D eigenvalue weighted by molar-refractivity contribution is -0.128. The quantitative estimate of drug-likeness (QED) is 0.389. The van der Waals surface area contributed by atoms with E-state index >= 15 is 0 Å². The van der Waals surface area contributed by atoms with E-state index in [1.807, 2.05) is 84.9 Å². The zero-order chi connectivity index (χ0) is 26.8. The highest BCUT2D eigenvalue weighted by Gasteiger charge is 2.27. The van der Waals surface area contributed by atoms with E-state index in [9.17, 15) is 14.4 Å². The molecule has 3 aromatic carbocycles. The summed E-state index contributed by atoms with van der Waals surface area (Å²) in [5.74, 6) is -1.17. The molecule has 194 valence electrons. The zero-order valence-electron chi connectivity index (χ0n) is 21.6. The van der Waals surface area contributed by atoms with Crippen molar-refractivity contribution in [2.75, 3.05) is 0 Å². The minimum atomic E-state index is -0.962. The van der Waals surface area contributed by atoms with Crippen molar-refractivity contribution in [2.45, 2.75) is 57.7 Å². The first-order chi connectivity index (χ1) is 17.6. The first-order valence-electron chi connectivity index (χ1n) is 12.3. The first-order valence-corrected chi connectivity index (χ1v) is 12.3. The molecule has 0 radical (unpaired) electrons. The summed E-state index contributed by atoms with van der Waals surface area (Å²) in [7, 11) is 0. The molecular weight excluding hydrogens is 466 g/mol. The van der Waals surface area contributed by atoms with Gasteiger partial charge in [0.25, 0.3) is 0 Å². The van der Waals surface area contributed by atoms with Crippen molar-refractivity contribution in [3.8, 4) is 0 Å². The minimum absolute atomic E-state index is 0.00127. The molecule has 0 fully saturated rings. The number of carbonyl (C=O) groups is 3. The van der Waals surface area contributed by atoms with Crippen LogP contribution in [-0.4, -0.2) is 30.0 Å². The Bertz CT molecular complexity index is 1170. The Morgan fingerprint density at radius 2 is 1.24 bits per heavy atom. The van der Waals surface area contributed by atoms with Crippen LogP contribution in [0.4, 0.5) is 4.79 Å². The van der Waals surface area contributed by atoms with Gasteiger partial charge in [0.05, 0.1) is 0 Å². The minimum Gasteiger partial charge on any atom is -0.445 e. The maximum absolute atomic E-state index is 13.3. The predicted octanol–water partition coefficient (Wildman–Crippen LogP) is 4.03. The standard InChI is InChI=1S/C30H35N3O4/c1-30(2,3)24-16-14-22(15-17-24)18-25(27(31)34)32-28(35)26(19-21-10-6-4-7-11-21)33-29(36)37-20-23-12-8-5-9-13-23/h4-17,25-26H,18-20H2,1-3H3,(H2,31,34)(H,32,35)(H,33,36)/t25-,26+/m0/s1. The van der Waals surface area contributed by atoms with Gasteiger partial charge in [-0.1, -0.05) is 106 Å². The van der Waals surface area contributed by atoms with Gasteiger partial charge in [-0.25, -0.2) is 4.79 Å². The third kappa shape index (κ3) is 8.79. The maximum Gasteiger partial charge on any atom is 0.408 e. The number of primary amides is 1. The fourth-order valence-corrected chi connectivity index (χ4v) is 3.84. The molecule has 3 rings (SSSR count). The molecule has 0 aliphatic heterocycles. The maximum atomic E-state index is 13.3. The molecule has 0 aromatic heterocycles. The second kappa shape index (κ2) is 12.7. The number of carbonyl (C=O) groups excluding carboxylic acids is 3. The van der Waals surface area contributed by atoms with Gasteiger partial charge in [-0.05, 0) is 27.7 Å². The Hall–Kier alpha value is -4.13. The number of ether oxygens (including phenoxy) is 1. The highest BCUT2D eigenvalue weighted by atomic mass is 16.5. The van der Waals surface area contributed by atoms with Crippen LogP contribution in [0.5, 0.6) is 0 Å². The molecule has 37 heavy (non-hydrogen) atoms. The molecule has 0 unspecified atom stereocenters. The summed E-state index contributed by atoms with van der Waals surface area (Å²) >= 11 is 0. The average Bonchev–Trinajstić information content (AvgIpc) is 2.87. The number of amides is 3. The number of alkyl carbamates (subject to hydrolysis) is 1. The average molecular weight is 502 g/mol. The van der Waals surface area contributed by atoms with Crippen LogP contribution >= 0.6 is 0 Å². The van der Waals surface area contributed by atoms with Gasteiger partial charge in [0, 0.05) is 12.8 Å². The van der Waals surface area contributed by atoms with Crippen LogP contribution in [0.15, 0.2) is 84.9 Å². The summed E-state index contributed by atoms with van der Waals surface area (Å²) < 4.78 is 5.31. The molecule has 3 amide bonds. The molecule has 3 aromatic rings. The second-order valence-electron chi connectivity index (χ2n) is 10.1. The number of rotatable bonds is 10. The molecule has 0 aliphatic rings. The van der Waals surface area contributed by atoms with E-state index < -0.39 is 30.0 Å². The summed E-state index contributed by atoms with van der Waals surface area (Å²) in [6.07, 6.45) is -0.269. The fraction of sp³-hybridized carbons (Fsp3) is 0.300. The van der Waals surface area contributed by atoms with E-state index in [2.05, 4.69) is 31.4 Å². The van der Waals surface area contributed by atoms with Crippen molar-refractivity contribution in [3.63, 3.8) is 0 Å². The van der Waals surface area contributed by atoms with Crippen molar-refractivity contribution >= 4 is 17.9 Å². The van der Waals surface area contributed by atoms with Crippen molar-refractivity contribution in [1.29, 1.82) is 0 Å².